The molecule has 0 aliphatic carbocycles. The Kier molecular flexibility index (Phi) is 5.50. The predicted octanol–water partition coefficient (Wildman–Crippen LogP) is 3.38. The average Bonchev–Trinajstić information content (AvgIpc) is 3.00. The number of rotatable bonds is 4. The number of hydrogen-bond donors (Lipinski definition) is 2. The monoisotopic (exact) mass is 348 g/mol. The van der Waals surface area contributed by atoms with Crippen molar-refractivity contribution in [2.75, 3.05) is 5.32 Å². The Morgan fingerprint density at radius 1 is 1.21 bits per heavy atom. The highest BCUT2D eigenvalue weighted by atomic mass is 32.1. The van der Waals surface area contributed by atoms with Crippen LogP contribution >= 0.6 is 11.5 Å². The van der Waals surface area contributed by atoms with Gasteiger partial charge in [0.25, 0.3) is 5.91 Å². The Balaban J connectivity index is 1.93. The molecule has 0 saturated heterocycles. The van der Waals surface area contributed by atoms with Gasteiger partial charge in [0.1, 0.15) is 5.60 Å². The number of anilines is 1. The van der Waals surface area contributed by atoms with Gasteiger partial charge in [0.15, 0.2) is 0 Å². The lowest BCUT2D eigenvalue weighted by Gasteiger charge is -2.19. The smallest absolute Gasteiger partial charge is 0.412 e. The molecule has 1 aromatic heterocycles. The summed E-state index contributed by atoms with van der Waals surface area (Å²) in [5.41, 5.74) is 1.19. The summed E-state index contributed by atoms with van der Waals surface area (Å²) < 4.78 is 8.95. The number of aromatic nitrogens is 2. The molecule has 0 aliphatic heterocycles. The summed E-state index contributed by atoms with van der Waals surface area (Å²) >= 11 is 1.24. The lowest BCUT2D eigenvalue weighted by atomic mass is 10.1. The fraction of sp³-hybridized carbons (Fsp3) is 0.375. The highest BCUT2D eigenvalue weighted by Gasteiger charge is 2.17. The fourth-order valence-electron chi connectivity index (χ4n) is 1.84. The third-order valence-electron chi connectivity index (χ3n) is 2.96. The van der Waals surface area contributed by atoms with E-state index in [0.29, 0.717) is 11.3 Å². The number of amides is 2. The van der Waals surface area contributed by atoms with Crippen molar-refractivity contribution in [3.63, 3.8) is 0 Å². The van der Waals surface area contributed by atoms with E-state index < -0.39 is 11.7 Å². The van der Waals surface area contributed by atoms with E-state index in [-0.39, 0.29) is 11.9 Å². The van der Waals surface area contributed by atoms with Crippen LogP contribution in [-0.4, -0.2) is 27.2 Å². The Bertz CT molecular complexity index is 693. The van der Waals surface area contributed by atoms with E-state index in [1.54, 1.807) is 50.4 Å². The van der Waals surface area contributed by atoms with Crippen LogP contribution in [0, 0.1) is 0 Å². The van der Waals surface area contributed by atoms with Crippen LogP contribution in [0.4, 0.5) is 10.5 Å². The Labute approximate surface area is 144 Å². The van der Waals surface area contributed by atoms with E-state index in [4.69, 9.17) is 4.74 Å². The first-order valence-electron chi connectivity index (χ1n) is 7.42. The van der Waals surface area contributed by atoms with Gasteiger partial charge in [0.05, 0.1) is 11.7 Å². The van der Waals surface area contributed by atoms with Crippen molar-refractivity contribution in [2.24, 2.45) is 0 Å². The number of benzene rings is 1. The molecule has 7 nitrogen and oxygen atoms in total. The SMILES string of the molecule is C[C@@H](NC(=O)c1ccc(NC(=O)OC(C)(C)C)cc1)c1csnn1. The second-order valence-corrected chi connectivity index (χ2v) is 6.84. The van der Waals surface area contributed by atoms with Crippen LogP contribution in [0.25, 0.3) is 0 Å². The molecule has 0 unspecified atom stereocenters. The minimum Gasteiger partial charge on any atom is -0.444 e. The summed E-state index contributed by atoms with van der Waals surface area (Å²) in [7, 11) is 0. The summed E-state index contributed by atoms with van der Waals surface area (Å²) in [4.78, 5) is 23.9. The largest absolute Gasteiger partial charge is 0.444 e. The molecule has 0 aliphatic rings. The van der Waals surface area contributed by atoms with E-state index in [1.165, 1.54) is 11.5 Å². The van der Waals surface area contributed by atoms with Gasteiger partial charge >= 0.3 is 6.09 Å². The van der Waals surface area contributed by atoms with Gasteiger partial charge in [-0.25, -0.2) is 4.79 Å². The zero-order valence-electron chi connectivity index (χ0n) is 14.0. The lowest BCUT2D eigenvalue weighted by molar-refractivity contribution is 0.0635. The van der Waals surface area contributed by atoms with Crippen molar-refractivity contribution in [3.05, 3.63) is 40.9 Å². The second-order valence-electron chi connectivity index (χ2n) is 6.23. The number of carbonyl (C=O) groups is 2. The van der Waals surface area contributed by atoms with Crippen LogP contribution in [0.5, 0.6) is 0 Å². The van der Waals surface area contributed by atoms with Crippen molar-refractivity contribution in [3.8, 4) is 0 Å². The van der Waals surface area contributed by atoms with E-state index in [2.05, 4.69) is 20.2 Å². The molecule has 1 atom stereocenters. The van der Waals surface area contributed by atoms with E-state index in [1.807, 2.05) is 6.92 Å². The molecule has 128 valence electrons. The standard InChI is InChI=1S/C16H20N4O3S/c1-10(13-9-24-20-19-13)17-14(21)11-5-7-12(8-6-11)18-15(22)23-16(2,3)4/h5-10H,1-4H3,(H,17,21)(H,18,22)/t10-/m1/s1. The van der Waals surface area contributed by atoms with Gasteiger partial charge < -0.3 is 10.1 Å². The van der Waals surface area contributed by atoms with Gasteiger partial charge in [-0.1, -0.05) is 4.49 Å². The van der Waals surface area contributed by atoms with Crippen molar-refractivity contribution < 1.29 is 14.3 Å². The van der Waals surface area contributed by atoms with Crippen LogP contribution in [0.1, 0.15) is 49.8 Å². The average molecular weight is 348 g/mol. The molecular weight excluding hydrogens is 328 g/mol. The minimum absolute atomic E-state index is 0.223. The number of ether oxygens (including phenoxy) is 1. The highest BCUT2D eigenvalue weighted by molar-refractivity contribution is 7.03. The summed E-state index contributed by atoms with van der Waals surface area (Å²) in [6.07, 6.45) is -0.538. The second kappa shape index (κ2) is 7.39. The van der Waals surface area contributed by atoms with E-state index in [9.17, 15) is 9.59 Å². The molecule has 24 heavy (non-hydrogen) atoms. The normalized spacial score (nSPS) is 12.3. The van der Waals surface area contributed by atoms with Crippen LogP contribution in [0.2, 0.25) is 0 Å². The number of carbonyl (C=O) groups excluding carboxylic acids is 2. The third kappa shape index (κ3) is 5.31. The van der Waals surface area contributed by atoms with Crippen molar-refractivity contribution in [1.29, 1.82) is 0 Å². The molecule has 1 heterocycles. The molecule has 0 spiro atoms. The highest BCUT2D eigenvalue weighted by Crippen LogP contribution is 2.15. The molecule has 0 saturated carbocycles. The molecule has 2 N–H and O–H groups in total. The molecule has 0 bridgehead atoms. The van der Waals surface area contributed by atoms with Crippen LogP contribution in [0.3, 0.4) is 0 Å². The molecule has 2 rings (SSSR count). The number of hydrogen-bond acceptors (Lipinski definition) is 6. The molecule has 2 amide bonds. The van der Waals surface area contributed by atoms with Crippen LogP contribution in [-0.2, 0) is 4.74 Å². The Morgan fingerprint density at radius 2 is 1.88 bits per heavy atom. The number of nitrogens with zero attached hydrogens (tertiary/aromatic N) is 2. The maximum atomic E-state index is 12.2. The van der Waals surface area contributed by atoms with E-state index >= 15 is 0 Å². The Hall–Kier alpha value is -2.48. The zero-order chi connectivity index (χ0) is 17.7. The molecule has 0 radical (unpaired) electrons. The van der Waals surface area contributed by atoms with Crippen LogP contribution < -0.4 is 10.6 Å². The van der Waals surface area contributed by atoms with Crippen molar-refractivity contribution in [1.82, 2.24) is 14.9 Å². The van der Waals surface area contributed by atoms with Gasteiger partial charge in [0.2, 0.25) is 0 Å². The van der Waals surface area contributed by atoms with Crippen LogP contribution in [0.15, 0.2) is 29.6 Å². The first-order chi connectivity index (χ1) is 11.2. The third-order valence-corrected chi connectivity index (χ3v) is 3.48. The van der Waals surface area contributed by atoms with Gasteiger partial charge in [0, 0.05) is 16.6 Å². The van der Waals surface area contributed by atoms with Gasteiger partial charge in [-0.15, -0.1) is 5.10 Å². The maximum absolute atomic E-state index is 12.2. The zero-order valence-corrected chi connectivity index (χ0v) is 14.8. The quantitative estimate of drug-likeness (QED) is 0.883. The molecular formula is C16H20N4O3S. The number of nitrogens with one attached hydrogen (secondary N) is 2. The summed E-state index contributed by atoms with van der Waals surface area (Å²) in [6.45, 7) is 7.21. The lowest BCUT2D eigenvalue weighted by Crippen LogP contribution is -2.27. The van der Waals surface area contributed by atoms with Gasteiger partial charge in [-0.3, -0.25) is 10.1 Å². The summed E-state index contributed by atoms with van der Waals surface area (Å²) in [5.74, 6) is -0.223. The fourth-order valence-corrected chi connectivity index (χ4v) is 2.39. The van der Waals surface area contributed by atoms with Crippen molar-refractivity contribution >= 4 is 29.2 Å². The first kappa shape index (κ1) is 17.9. The summed E-state index contributed by atoms with van der Waals surface area (Å²) in [6, 6.07) is 6.33. The minimum atomic E-state index is -0.565. The Morgan fingerprint density at radius 3 is 2.42 bits per heavy atom. The topological polar surface area (TPSA) is 93.2 Å². The predicted molar refractivity (Wildman–Crippen MR) is 92.1 cm³/mol. The maximum Gasteiger partial charge on any atom is 0.412 e. The molecule has 0 fully saturated rings. The van der Waals surface area contributed by atoms with Crippen molar-refractivity contribution in [2.45, 2.75) is 39.3 Å². The molecule has 1 aromatic carbocycles. The van der Waals surface area contributed by atoms with E-state index in [0.717, 1.165) is 5.69 Å². The molecule has 8 heteroatoms. The molecule has 2 aromatic rings. The van der Waals surface area contributed by atoms with Gasteiger partial charge in [-0.05, 0) is 63.5 Å². The summed E-state index contributed by atoms with van der Waals surface area (Å²) in [5, 5.41) is 11.2. The van der Waals surface area contributed by atoms with Gasteiger partial charge in [-0.2, -0.15) is 0 Å². The first-order valence-corrected chi connectivity index (χ1v) is 8.26.